The summed E-state index contributed by atoms with van der Waals surface area (Å²) in [6.07, 6.45) is 0. The zero-order chi connectivity index (χ0) is 26.1. The summed E-state index contributed by atoms with van der Waals surface area (Å²) in [4.78, 5) is 0. The molecule has 1 fully saturated rings. The summed E-state index contributed by atoms with van der Waals surface area (Å²) >= 11 is 0. The predicted molar refractivity (Wildman–Crippen MR) is 153 cm³/mol. The minimum absolute atomic E-state index is 0.393. The van der Waals surface area contributed by atoms with Crippen LogP contribution in [0, 0.1) is 0 Å². The van der Waals surface area contributed by atoms with Crippen LogP contribution in [0.25, 0.3) is 32.3 Å². The Morgan fingerprint density at radius 2 is 1.22 bits per heavy atom. The topological polar surface area (TPSA) is 47.9 Å². The number of hydrogen-bond donors (Lipinski definition) is 1. The molecule has 1 aliphatic heterocycles. The number of fused-ring (bicyclic) bond motifs is 6. The molecule has 6 heteroatoms. The zero-order valence-corrected chi connectivity index (χ0v) is 22.7. The minimum atomic E-state index is -0.954. The van der Waals surface area contributed by atoms with Crippen LogP contribution >= 0.6 is 0 Å². The number of aliphatic hydroxyl groups is 1. The molecule has 0 amide bonds. The van der Waals surface area contributed by atoms with Crippen LogP contribution in [-0.4, -0.2) is 42.1 Å². The van der Waals surface area contributed by atoms with Crippen molar-refractivity contribution in [2.45, 2.75) is 77.8 Å². The van der Waals surface area contributed by atoms with Gasteiger partial charge in [0.2, 0.25) is 0 Å². The van der Waals surface area contributed by atoms with Crippen LogP contribution in [-0.2, 0) is 14.0 Å². The Morgan fingerprint density at radius 3 is 1.78 bits per heavy atom. The zero-order valence-electron chi connectivity index (χ0n) is 22.7. The fourth-order valence-corrected chi connectivity index (χ4v) is 4.68. The van der Waals surface area contributed by atoms with Gasteiger partial charge in [-0.15, -0.1) is 0 Å². The van der Waals surface area contributed by atoms with Crippen LogP contribution in [0.15, 0.2) is 60.7 Å². The van der Waals surface area contributed by atoms with Crippen LogP contribution in [0.3, 0.4) is 0 Å². The van der Waals surface area contributed by atoms with Crippen molar-refractivity contribution in [1.29, 1.82) is 0 Å². The Balaban J connectivity index is 1.65. The van der Waals surface area contributed by atoms with Crippen molar-refractivity contribution < 1.29 is 19.1 Å². The predicted octanol–water partition coefficient (Wildman–Crippen LogP) is 4.99. The molecule has 1 heterocycles. The van der Waals surface area contributed by atoms with E-state index in [1.165, 1.54) is 32.3 Å². The average molecular weight is 482 g/mol. The molecule has 0 aliphatic carbocycles. The fraction of sp³-hybridized carbons (Fsp3) is 0.400. The summed E-state index contributed by atoms with van der Waals surface area (Å²) in [5, 5.41) is 17.7. The smallest absolute Gasteiger partial charge is 0.427 e. The lowest BCUT2D eigenvalue weighted by Crippen LogP contribution is -2.49. The molecule has 36 heavy (non-hydrogen) atoms. The molecule has 0 radical (unpaired) electrons. The van der Waals surface area contributed by atoms with Gasteiger partial charge in [-0.25, -0.2) is 0 Å². The molecule has 186 valence electrons. The third-order valence-electron chi connectivity index (χ3n) is 8.52. The minimum Gasteiger partial charge on any atom is -0.427 e. The highest BCUT2D eigenvalue weighted by atomic mass is 16.7. The first kappa shape index (κ1) is 25.3. The van der Waals surface area contributed by atoms with Gasteiger partial charge in [-0.3, -0.25) is 0 Å². The number of benzene rings is 4. The van der Waals surface area contributed by atoms with Crippen LogP contribution in [0.1, 0.15) is 55.4 Å². The normalized spacial score (nSPS) is 17.9. The largest absolute Gasteiger partial charge is 0.494 e. The molecule has 4 aromatic rings. The molecule has 0 saturated carbocycles. The van der Waals surface area contributed by atoms with E-state index in [2.05, 4.69) is 88.4 Å². The maximum absolute atomic E-state index is 10.5. The van der Waals surface area contributed by atoms with Gasteiger partial charge in [-0.1, -0.05) is 66.1 Å². The van der Waals surface area contributed by atoms with Gasteiger partial charge in [0.25, 0.3) is 0 Å². The molecule has 1 aliphatic rings. The lowest BCUT2D eigenvalue weighted by Gasteiger charge is -2.37. The van der Waals surface area contributed by atoms with Crippen molar-refractivity contribution in [1.82, 2.24) is 0 Å². The second-order valence-electron chi connectivity index (χ2n) is 12.2. The maximum atomic E-state index is 10.5. The molecule has 5 rings (SSSR count). The van der Waals surface area contributed by atoms with Gasteiger partial charge in [0.15, 0.2) is 0 Å². The van der Waals surface area contributed by atoms with Gasteiger partial charge in [0, 0.05) is 0 Å². The molecule has 0 spiro atoms. The van der Waals surface area contributed by atoms with Gasteiger partial charge in [0.05, 0.1) is 22.4 Å². The molecule has 1 N–H and O–H groups in total. The number of hydrogen-bond acceptors (Lipinski definition) is 4. The molecule has 4 aromatic carbocycles. The Bertz CT molecular complexity index is 1450. The quantitative estimate of drug-likeness (QED) is 0.322. The standard InChI is InChI=1S/C30H36B2O4/c1-27(2,33)28(3,4)34-31-19-13-15-23-21-11-9-10-12-22(21)24-16-14-20(18-26(24)25(23)17-19)32-35-29(5,6)30(7,8)36-32/h9-18,31,33H,1-8H3. The second kappa shape index (κ2) is 8.32. The summed E-state index contributed by atoms with van der Waals surface area (Å²) in [6, 6.07) is 21.6. The Hall–Kier alpha value is -2.37. The van der Waals surface area contributed by atoms with E-state index in [1.54, 1.807) is 13.8 Å². The fourth-order valence-electron chi connectivity index (χ4n) is 4.68. The number of rotatable bonds is 5. The van der Waals surface area contributed by atoms with Crippen molar-refractivity contribution in [3.8, 4) is 0 Å². The van der Waals surface area contributed by atoms with Crippen LogP contribution in [0.2, 0.25) is 0 Å². The SMILES string of the molecule is CC(C)(O)C(C)(C)OBc1ccc2c3ccccc3c3ccc(B4OC(C)(C)C(C)(C)O4)cc3c2c1. The molecule has 4 nitrogen and oxygen atoms in total. The molecule has 0 aromatic heterocycles. The van der Waals surface area contributed by atoms with Gasteiger partial charge >= 0.3 is 14.6 Å². The van der Waals surface area contributed by atoms with Crippen molar-refractivity contribution in [2.24, 2.45) is 0 Å². The van der Waals surface area contributed by atoms with E-state index >= 15 is 0 Å². The van der Waals surface area contributed by atoms with Gasteiger partial charge in [0.1, 0.15) is 0 Å². The summed E-state index contributed by atoms with van der Waals surface area (Å²) < 4.78 is 18.9. The van der Waals surface area contributed by atoms with Gasteiger partial charge < -0.3 is 19.1 Å². The van der Waals surface area contributed by atoms with Crippen molar-refractivity contribution >= 4 is 57.8 Å². The molecular weight excluding hydrogens is 446 g/mol. The van der Waals surface area contributed by atoms with Gasteiger partial charge in [-0.05, 0) is 93.2 Å². The monoisotopic (exact) mass is 482 g/mol. The highest BCUT2D eigenvalue weighted by Gasteiger charge is 2.51. The van der Waals surface area contributed by atoms with Crippen LogP contribution in [0.4, 0.5) is 0 Å². The van der Waals surface area contributed by atoms with E-state index in [9.17, 15) is 5.11 Å². The third kappa shape index (κ3) is 4.14. The lowest BCUT2D eigenvalue weighted by molar-refractivity contribution is -0.0893. The second-order valence-corrected chi connectivity index (χ2v) is 12.2. The lowest BCUT2D eigenvalue weighted by atomic mass is 9.76. The highest BCUT2D eigenvalue weighted by Crippen LogP contribution is 2.38. The summed E-state index contributed by atoms with van der Waals surface area (Å²) in [5.74, 6) is 0. The molecular formula is C30H36B2O4. The van der Waals surface area contributed by atoms with Crippen molar-refractivity contribution in [2.75, 3.05) is 0 Å². The van der Waals surface area contributed by atoms with E-state index in [4.69, 9.17) is 14.0 Å². The Labute approximate surface area is 215 Å². The maximum Gasteiger partial charge on any atom is 0.494 e. The summed E-state index contributed by atoms with van der Waals surface area (Å²) in [7, 11) is -0.00180. The average Bonchev–Trinajstić information content (AvgIpc) is 3.03. The third-order valence-corrected chi connectivity index (χ3v) is 8.52. The van der Waals surface area contributed by atoms with Crippen LogP contribution < -0.4 is 10.9 Å². The highest BCUT2D eigenvalue weighted by molar-refractivity contribution is 6.62. The van der Waals surface area contributed by atoms with E-state index in [0.717, 1.165) is 10.9 Å². The van der Waals surface area contributed by atoms with Gasteiger partial charge in [-0.2, -0.15) is 0 Å². The van der Waals surface area contributed by atoms with E-state index in [-0.39, 0.29) is 0 Å². The molecule has 1 saturated heterocycles. The molecule has 0 bridgehead atoms. The first-order chi connectivity index (χ1) is 16.7. The summed E-state index contributed by atoms with van der Waals surface area (Å²) in [6.45, 7) is 15.7. The van der Waals surface area contributed by atoms with Crippen molar-refractivity contribution in [3.05, 3.63) is 60.7 Å². The summed E-state index contributed by atoms with van der Waals surface area (Å²) in [5.41, 5.74) is -0.340. The molecule has 0 unspecified atom stereocenters. The van der Waals surface area contributed by atoms with E-state index in [1.807, 2.05) is 13.8 Å². The Morgan fingerprint density at radius 1 is 0.722 bits per heavy atom. The first-order valence-corrected chi connectivity index (χ1v) is 12.8. The van der Waals surface area contributed by atoms with Crippen LogP contribution in [0.5, 0.6) is 0 Å². The van der Waals surface area contributed by atoms with E-state index in [0.29, 0.717) is 7.48 Å². The Kier molecular flexibility index (Phi) is 5.85. The first-order valence-electron chi connectivity index (χ1n) is 12.8. The molecule has 0 atom stereocenters. The van der Waals surface area contributed by atoms with Crippen molar-refractivity contribution in [3.63, 3.8) is 0 Å². The van der Waals surface area contributed by atoms with E-state index < -0.39 is 29.5 Å².